The van der Waals surface area contributed by atoms with Gasteiger partial charge in [0.05, 0.1) is 35.4 Å². The fourth-order valence-corrected chi connectivity index (χ4v) is 5.50. The maximum absolute atomic E-state index is 13.4. The molecule has 0 bridgehead atoms. The Bertz CT molecular complexity index is 1300. The van der Waals surface area contributed by atoms with Gasteiger partial charge in [-0.25, -0.2) is 9.59 Å². The maximum atomic E-state index is 13.4. The molecule has 2 unspecified atom stereocenters. The quantitative estimate of drug-likeness (QED) is 0.447. The highest BCUT2D eigenvalue weighted by atomic mass is 35.5. The number of benzene rings is 2. The minimum atomic E-state index is -0.755. The van der Waals surface area contributed by atoms with E-state index >= 15 is 0 Å². The lowest BCUT2D eigenvalue weighted by molar-refractivity contribution is -0.139. The second-order valence-electron chi connectivity index (χ2n) is 9.69. The Morgan fingerprint density at radius 2 is 1.77 bits per heavy atom. The van der Waals surface area contributed by atoms with Crippen molar-refractivity contribution in [2.24, 2.45) is 0 Å². The minimum absolute atomic E-state index is 0.0480. The molecular formula is C29H34Cl2N4O5. The number of nitrogens with zero attached hydrogens (tertiary/aromatic N) is 3. The number of carbonyl (C=O) groups excluding carboxylic acids is 3. The molecule has 1 fully saturated rings. The summed E-state index contributed by atoms with van der Waals surface area (Å²) in [6.07, 6.45) is 0. The van der Waals surface area contributed by atoms with Gasteiger partial charge in [-0.05, 0) is 62.7 Å². The zero-order valence-electron chi connectivity index (χ0n) is 23.1. The van der Waals surface area contributed by atoms with E-state index in [1.807, 2.05) is 18.7 Å². The molecule has 214 valence electrons. The molecule has 40 heavy (non-hydrogen) atoms. The Morgan fingerprint density at radius 1 is 1.05 bits per heavy atom. The summed E-state index contributed by atoms with van der Waals surface area (Å²) >= 11 is 12.4. The average molecular weight is 590 g/mol. The van der Waals surface area contributed by atoms with Crippen molar-refractivity contribution in [3.63, 3.8) is 0 Å². The van der Waals surface area contributed by atoms with Crippen LogP contribution in [0, 0.1) is 0 Å². The molecule has 2 heterocycles. The molecule has 1 saturated heterocycles. The number of esters is 1. The lowest BCUT2D eigenvalue weighted by Gasteiger charge is -2.43. The highest BCUT2D eigenvalue weighted by Crippen LogP contribution is 2.35. The number of methoxy groups -OCH3 is 1. The van der Waals surface area contributed by atoms with Gasteiger partial charge in [0.15, 0.2) is 0 Å². The van der Waals surface area contributed by atoms with Crippen molar-refractivity contribution in [1.29, 1.82) is 0 Å². The fourth-order valence-electron chi connectivity index (χ4n) is 5.19. The van der Waals surface area contributed by atoms with Crippen molar-refractivity contribution >= 4 is 41.1 Å². The first-order chi connectivity index (χ1) is 19.2. The summed E-state index contributed by atoms with van der Waals surface area (Å²) in [5.74, 6) is 0.137. The number of nitrogens with one attached hydrogen (secondary N) is 1. The van der Waals surface area contributed by atoms with Gasteiger partial charge in [-0.1, -0.05) is 29.3 Å². The summed E-state index contributed by atoms with van der Waals surface area (Å²) in [5, 5.41) is 3.64. The molecule has 2 aromatic rings. The van der Waals surface area contributed by atoms with Gasteiger partial charge in [-0.15, -0.1) is 0 Å². The van der Waals surface area contributed by atoms with Crippen LogP contribution in [0.1, 0.15) is 42.7 Å². The van der Waals surface area contributed by atoms with Crippen LogP contribution in [0.15, 0.2) is 53.7 Å². The molecule has 0 saturated carbocycles. The summed E-state index contributed by atoms with van der Waals surface area (Å²) in [7, 11) is 1.59. The number of hydrogen-bond donors (Lipinski definition) is 1. The van der Waals surface area contributed by atoms with Gasteiger partial charge in [0.25, 0.3) is 5.91 Å². The van der Waals surface area contributed by atoms with Crippen LogP contribution in [0.5, 0.6) is 5.75 Å². The standard InChI is InChI=1S/C29H34Cl2N4O5/c1-5-34-24(17-33-13-14-35(18(3)16-33)27(36)19-7-10-21(39-4)11-8-19)25(28(37)40-6-2)26(32-29(34)38)20-9-12-22(30)23(31)15-20/h7-12,15,18,26H,5-6,13-14,16-17H2,1-4H3,(H,32,38). The van der Waals surface area contributed by atoms with E-state index < -0.39 is 12.0 Å². The van der Waals surface area contributed by atoms with Gasteiger partial charge in [-0.2, -0.15) is 0 Å². The van der Waals surface area contributed by atoms with Gasteiger partial charge in [0.2, 0.25) is 0 Å². The van der Waals surface area contributed by atoms with E-state index in [-0.39, 0.29) is 24.6 Å². The first kappa shape index (κ1) is 29.7. The van der Waals surface area contributed by atoms with Crippen molar-refractivity contribution in [1.82, 2.24) is 20.0 Å². The third-order valence-corrected chi connectivity index (χ3v) is 7.95. The summed E-state index contributed by atoms with van der Waals surface area (Å²) in [6.45, 7) is 8.13. The number of carbonyl (C=O) groups is 3. The molecule has 0 spiro atoms. The topological polar surface area (TPSA) is 91.4 Å². The van der Waals surface area contributed by atoms with Gasteiger partial charge in [0.1, 0.15) is 5.75 Å². The van der Waals surface area contributed by atoms with Crippen molar-refractivity contribution in [3.8, 4) is 5.75 Å². The Hall–Kier alpha value is -3.27. The van der Waals surface area contributed by atoms with Crippen LogP contribution >= 0.6 is 23.2 Å². The van der Waals surface area contributed by atoms with Crippen molar-refractivity contribution in [2.45, 2.75) is 32.9 Å². The van der Waals surface area contributed by atoms with Crippen LogP contribution in [0.3, 0.4) is 0 Å². The predicted molar refractivity (Wildman–Crippen MR) is 154 cm³/mol. The average Bonchev–Trinajstić information content (AvgIpc) is 2.94. The summed E-state index contributed by atoms with van der Waals surface area (Å²) < 4.78 is 10.7. The molecule has 0 radical (unpaired) electrons. The first-order valence-corrected chi connectivity index (χ1v) is 14.0. The third kappa shape index (κ3) is 6.22. The summed E-state index contributed by atoms with van der Waals surface area (Å²) in [6, 6.07) is 10.9. The largest absolute Gasteiger partial charge is 0.497 e. The number of halogens is 2. The number of urea groups is 1. The molecule has 2 atom stereocenters. The lowest BCUT2D eigenvalue weighted by atomic mass is 9.94. The molecule has 1 N–H and O–H groups in total. The van der Waals surface area contributed by atoms with Gasteiger partial charge in [-0.3, -0.25) is 14.6 Å². The van der Waals surface area contributed by atoms with E-state index in [2.05, 4.69) is 10.2 Å². The maximum Gasteiger partial charge on any atom is 0.338 e. The molecule has 9 nitrogen and oxygen atoms in total. The number of piperazine rings is 1. The Labute approximate surface area is 244 Å². The van der Waals surface area contributed by atoms with Crippen LogP contribution in [0.25, 0.3) is 0 Å². The van der Waals surface area contributed by atoms with Crippen molar-refractivity contribution in [2.75, 3.05) is 46.4 Å². The van der Waals surface area contributed by atoms with Gasteiger partial charge >= 0.3 is 12.0 Å². The van der Waals surface area contributed by atoms with Crippen molar-refractivity contribution < 1.29 is 23.9 Å². The second-order valence-corrected chi connectivity index (χ2v) is 10.5. The summed E-state index contributed by atoms with van der Waals surface area (Å²) in [5.41, 5.74) is 2.15. The van der Waals surface area contributed by atoms with Gasteiger partial charge in [0, 0.05) is 50.0 Å². The zero-order valence-corrected chi connectivity index (χ0v) is 24.6. The van der Waals surface area contributed by atoms with E-state index in [1.165, 1.54) is 0 Å². The Balaban J connectivity index is 1.62. The van der Waals surface area contributed by atoms with Crippen LogP contribution in [-0.2, 0) is 9.53 Å². The van der Waals surface area contributed by atoms with E-state index in [9.17, 15) is 14.4 Å². The fraction of sp³-hybridized carbons (Fsp3) is 0.414. The highest BCUT2D eigenvalue weighted by molar-refractivity contribution is 6.42. The van der Waals surface area contributed by atoms with E-state index in [1.54, 1.807) is 61.4 Å². The second kappa shape index (κ2) is 12.9. The molecule has 2 aliphatic rings. The molecular weight excluding hydrogens is 555 g/mol. The molecule has 2 aromatic carbocycles. The first-order valence-electron chi connectivity index (χ1n) is 13.3. The van der Waals surface area contributed by atoms with Crippen molar-refractivity contribution in [3.05, 3.63) is 74.9 Å². The molecule has 3 amide bonds. The normalized spacial score (nSPS) is 19.9. The SMILES string of the molecule is CCOC(=O)C1=C(CN2CCN(C(=O)c3ccc(OC)cc3)C(C)C2)N(CC)C(=O)NC1c1ccc(Cl)c(Cl)c1. The monoisotopic (exact) mass is 588 g/mol. The van der Waals surface area contributed by atoms with Crippen LogP contribution < -0.4 is 10.1 Å². The van der Waals surface area contributed by atoms with E-state index in [0.29, 0.717) is 70.9 Å². The van der Waals surface area contributed by atoms with Crippen LogP contribution in [0.4, 0.5) is 4.79 Å². The Morgan fingerprint density at radius 3 is 2.38 bits per heavy atom. The minimum Gasteiger partial charge on any atom is -0.497 e. The number of rotatable bonds is 8. The number of ether oxygens (including phenoxy) is 2. The van der Waals surface area contributed by atoms with Crippen LogP contribution in [-0.4, -0.2) is 85.1 Å². The molecule has 11 heteroatoms. The number of likely N-dealkylation sites (N-methyl/N-ethyl adjacent to an activating group) is 1. The molecule has 2 aliphatic heterocycles. The van der Waals surface area contributed by atoms with Crippen LogP contribution in [0.2, 0.25) is 10.0 Å². The number of hydrogen-bond acceptors (Lipinski definition) is 6. The zero-order chi connectivity index (χ0) is 29.0. The van der Waals surface area contributed by atoms with E-state index in [4.69, 9.17) is 32.7 Å². The smallest absolute Gasteiger partial charge is 0.338 e. The molecule has 4 rings (SSSR count). The summed E-state index contributed by atoms with van der Waals surface area (Å²) in [4.78, 5) is 45.4. The lowest BCUT2D eigenvalue weighted by Crippen LogP contribution is -2.56. The molecule has 0 aliphatic carbocycles. The van der Waals surface area contributed by atoms with E-state index in [0.717, 1.165) is 0 Å². The third-order valence-electron chi connectivity index (χ3n) is 7.21. The molecule has 0 aromatic heterocycles. The number of amides is 3. The predicted octanol–water partition coefficient (Wildman–Crippen LogP) is 4.75. The Kier molecular flexibility index (Phi) is 9.60. The highest BCUT2D eigenvalue weighted by Gasteiger charge is 2.39. The van der Waals surface area contributed by atoms with Gasteiger partial charge < -0.3 is 19.7 Å².